The van der Waals surface area contributed by atoms with Crippen molar-refractivity contribution in [2.24, 2.45) is 0 Å². The summed E-state index contributed by atoms with van der Waals surface area (Å²) >= 11 is 0. The fourth-order valence-electron chi connectivity index (χ4n) is 3.38. The molecule has 1 amide bonds. The summed E-state index contributed by atoms with van der Waals surface area (Å²) in [6.45, 7) is 2.24. The van der Waals surface area contributed by atoms with Crippen molar-refractivity contribution in [2.45, 2.75) is 37.7 Å². The molecule has 2 aliphatic rings. The highest BCUT2D eigenvalue weighted by Gasteiger charge is 2.46. The van der Waals surface area contributed by atoms with E-state index >= 15 is 0 Å². The van der Waals surface area contributed by atoms with E-state index in [1.165, 1.54) is 0 Å². The lowest BCUT2D eigenvalue weighted by molar-refractivity contribution is -0.135. The normalized spacial score (nSPS) is 27.3. The Bertz CT molecular complexity index is 523. The molecular weight excluding hydrogens is 294 g/mol. The van der Waals surface area contributed by atoms with Crippen LogP contribution in [-0.2, 0) is 20.9 Å². The zero-order valence-corrected chi connectivity index (χ0v) is 13.9. The van der Waals surface area contributed by atoms with E-state index < -0.39 is 0 Å². The molecule has 126 valence electrons. The Hall–Kier alpha value is -1.50. The van der Waals surface area contributed by atoms with Gasteiger partial charge in [-0.05, 0) is 39.1 Å². The molecule has 0 spiro atoms. The van der Waals surface area contributed by atoms with Gasteiger partial charge in [-0.1, -0.05) is 6.07 Å². The third-order valence-corrected chi connectivity index (χ3v) is 4.42. The predicted octanol–water partition coefficient (Wildman–Crippen LogP) is 0.918. The predicted molar refractivity (Wildman–Crippen MR) is 85.8 cm³/mol. The second-order valence-corrected chi connectivity index (χ2v) is 6.50. The second-order valence-electron chi connectivity index (χ2n) is 6.50. The zero-order valence-electron chi connectivity index (χ0n) is 13.9. The van der Waals surface area contributed by atoms with Gasteiger partial charge in [0.2, 0.25) is 5.91 Å². The Morgan fingerprint density at radius 1 is 1.48 bits per heavy atom. The SMILES string of the molecule is CN(C)CC(=O)N1C[C@@H](OCc2ccccn2)[C@H]2OCCC[C@H]21. The summed E-state index contributed by atoms with van der Waals surface area (Å²) < 4.78 is 12.0. The summed E-state index contributed by atoms with van der Waals surface area (Å²) in [5.74, 6) is 0.152. The van der Waals surface area contributed by atoms with Crippen LogP contribution >= 0.6 is 0 Å². The number of hydrogen-bond donors (Lipinski definition) is 0. The number of rotatable bonds is 5. The van der Waals surface area contributed by atoms with Crippen LogP contribution < -0.4 is 0 Å². The minimum Gasteiger partial charge on any atom is -0.373 e. The van der Waals surface area contributed by atoms with E-state index in [4.69, 9.17) is 9.47 Å². The molecule has 0 saturated carbocycles. The molecule has 0 unspecified atom stereocenters. The molecule has 0 radical (unpaired) electrons. The number of likely N-dealkylation sites (tertiary alicyclic amines) is 1. The van der Waals surface area contributed by atoms with E-state index in [1.54, 1.807) is 6.20 Å². The minimum absolute atomic E-state index is 0.0152. The van der Waals surface area contributed by atoms with Crippen molar-refractivity contribution in [1.82, 2.24) is 14.8 Å². The Balaban J connectivity index is 1.65. The minimum atomic E-state index is -0.0755. The molecule has 23 heavy (non-hydrogen) atoms. The molecule has 2 saturated heterocycles. The number of ether oxygens (including phenoxy) is 2. The maximum Gasteiger partial charge on any atom is 0.237 e. The van der Waals surface area contributed by atoms with Crippen LogP contribution in [0.4, 0.5) is 0 Å². The quantitative estimate of drug-likeness (QED) is 0.808. The summed E-state index contributed by atoms with van der Waals surface area (Å²) in [6.07, 6.45) is 3.67. The van der Waals surface area contributed by atoms with Gasteiger partial charge in [0, 0.05) is 19.3 Å². The average molecular weight is 319 g/mol. The van der Waals surface area contributed by atoms with Crippen LogP contribution in [0.25, 0.3) is 0 Å². The summed E-state index contributed by atoms with van der Waals surface area (Å²) in [5, 5.41) is 0. The lowest BCUT2D eigenvalue weighted by atomic mass is 10.0. The van der Waals surface area contributed by atoms with Crippen LogP contribution in [-0.4, -0.2) is 72.7 Å². The second kappa shape index (κ2) is 7.38. The third-order valence-electron chi connectivity index (χ3n) is 4.42. The fourth-order valence-corrected chi connectivity index (χ4v) is 3.38. The molecule has 1 aromatic heterocycles. The first-order valence-corrected chi connectivity index (χ1v) is 8.22. The van der Waals surface area contributed by atoms with Gasteiger partial charge in [0.15, 0.2) is 0 Å². The van der Waals surface area contributed by atoms with Crippen molar-refractivity contribution in [2.75, 3.05) is 33.8 Å². The van der Waals surface area contributed by atoms with Crippen LogP contribution in [0.1, 0.15) is 18.5 Å². The smallest absolute Gasteiger partial charge is 0.237 e. The van der Waals surface area contributed by atoms with E-state index in [2.05, 4.69) is 4.98 Å². The largest absolute Gasteiger partial charge is 0.373 e. The van der Waals surface area contributed by atoms with Crippen molar-refractivity contribution in [3.8, 4) is 0 Å². The van der Waals surface area contributed by atoms with Crippen LogP contribution in [0.2, 0.25) is 0 Å². The number of carbonyl (C=O) groups excluding carboxylic acids is 1. The van der Waals surface area contributed by atoms with Crippen molar-refractivity contribution in [1.29, 1.82) is 0 Å². The number of nitrogens with zero attached hydrogens (tertiary/aromatic N) is 3. The average Bonchev–Trinajstić information content (AvgIpc) is 2.92. The summed E-state index contributed by atoms with van der Waals surface area (Å²) in [7, 11) is 3.83. The van der Waals surface area contributed by atoms with Crippen LogP contribution in [0.15, 0.2) is 24.4 Å². The van der Waals surface area contributed by atoms with Crippen molar-refractivity contribution in [3.05, 3.63) is 30.1 Å². The first kappa shape index (κ1) is 16.4. The topological polar surface area (TPSA) is 54.9 Å². The van der Waals surface area contributed by atoms with Crippen LogP contribution in [0, 0.1) is 0 Å². The fraction of sp³-hybridized carbons (Fsp3) is 0.647. The van der Waals surface area contributed by atoms with E-state index in [1.807, 2.05) is 42.1 Å². The van der Waals surface area contributed by atoms with Crippen molar-refractivity contribution in [3.63, 3.8) is 0 Å². The van der Waals surface area contributed by atoms with Crippen LogP contribution in [0.5, 0.6) is 0 Å². The maximum absolute atomic E-state index is 12.5. The molecule has 3 heterocycles. The molecule has 0 aromatic carbocycles. The van der Waals surface area contributed by atoms with Gasteiger partial charge in [0.05, 0.1) is 24.9 Å². The van der Waals surface area contributed by atoms with Crippen molar-refractivity contribution < 1.29 is 14.3 Å². The lowest BCUT2D eigenvalue weighted by Crippen LogP contribution is -2.46. The zero-order chi connectivity index (χ0) is 16.2. The highest BCUT2D eigenvalue weighted by molar-refractivity contribution is 5.79. The molecule has 6 nitrogen and oxygen atoms in total. The molecule has 2 aliphatic heterocycles. The standard InChI is InChI=1S/C17H25N3O3/c1-19(2)11-16(21)20-10-15(17-14(20)7-5-9-22-17)23-12-13-6-3-4-8-18-13/h3-4,6,8,14-15,17H,5,7,9-12H2,1-2H3/t14-,15-,17+/m1/s1. The van der Waals surface area contributed by atoms with E-state index in [-0.39, 0.29) is 24.2 Å². The Labute approximate surface area is 137 Å². The maximum atomic E-state index is 12.5. The number of likely N-dealkylation sites (N-methyl/N-ethyl adjacent to an activating group) is 1. The lowest BCUT2D eigenvalue weighted by Gasteiger charge is -2.32. The van der Waals surface area contributed by atoms with Crippen molar-refractivity contribution >= 4 is 5.91 Å². The van der Waals surface area contributed by atoms with Gasteiger partial charge in [-0.25, -0.2) is 0 Å². The summed E-state index contributed by atoms with van der Waals surface area (Å²) in [4.78, 5) is 20.6. The molecule has 0 bridgehead atoms. The van der Waals surface area contributed by atoms with E-state index in [0.29, 0.717) is 19.7 Å². The van der Waals surface area contributed by atoms with E-state index in [9.17, 15) is 4.79 Å². The van der Waals surface area contributed by atoms with Gasteiger partial charge in [0.25, 0.3) is 0 Å². The summed E-state index contributed by atoms with van der Waals surface area (Å²) in [5.41, 5.74) is 0.901. The van der Waals surface area contributed by atoms with E-state index in [0.717, 1.165) is 25.1 Å². The molecule has 3 rings (SSSR count). The van der Waals surface area contributed by atoms with Gasteiger partial charge in [-0.2, -0.15) is 0 Å². The molecule has 1 aromatic rings. The molecule has 2 fully saturated rings. The molecular formula is C17H25N3O3. The molecule has 3 atom stereocenters. The third kappa shape index (κ3) is 3.88. The first-order chi connectivity index (χ1) is 11.1. The van der Waals surface area contributed by atoms with Gasteiger partial charge in [-0.15, -0.1) is 0 Å². The number of aromatic nitrogens is 1. The first-order valence-electron chi connectivity index (χ1n) is 8.22. The molecule has 0 aliphatic carbocycles. The number of amides is 1. The monoisotopic (exact) mass is 319 g/mol. The van der Waals surface area contributed by atoms with Gasteiger partial charge in [-0.3, -0.25) is 9.78 Å². The Morgan fingerprint density at radius 2 is 2.35 bits per heavy atom. The Morgan fingerprint density at radius 3 is 3.09 bits per heavy atom. The Kier molecular flexibility index (Phi) is 5.25. The molecule has 0 N–H and O–H groups in total. The highest BCUT2D eigenvalue weighted by Crippen LogP contribution is 2.31. The number of fused-ring (bicyclic) bond motifs is 1. The van der Waals surface area contributed by atoms with Gasteiger partial charge in [0.1, 0.15) is 12.2 Å². The van der Waals surface area contributed by atoms with Crippen LogP contribution in [0.3, 0.4) is 0 Å². The number of pyridine rings is 1. The van der Waals surface area contributed by atoms with Gasteiger partial charge < -0.3 is 19.3 Å². The number of hydrogen-bond acceptors (Lipinski definition) is 5. The summed E-state index contributed by atoms with van der Waals surface area (Å²) in [6, 6.07) is 5.93. The number of carbonyl (C=O) groups is 1. The van der Waals surface area contributed by atoms with Gasteiger partial charge >= 0.3 is 0 Å². The highest BCUT2D eigenvalue weighted by atomic mass is 16.5. The molecule has 6 heteroatoms.